The van der Waals surface area contributed by atoms with Crippen molar-refractivity contribution in [2.75, 3.05) is 0 Å². The number of carbonyl (C=O) groups is 2. The zero-order valence-corrected chi connectivity index (χ0v) is 13.5. The molecule has 2 N–H and O–H groups in total. The van der Waals surface area contributed by atoms with Gasteiger partial charge in [0.1, 0.15) is 11.0 Å². The van der Waals surface area contributed by atoms with Crippen molar-refractivity contribution in [3.63, 3.8) is 0 Å². The molecule has 1 atom stereocenters. The standard InChI is InChI=1S/C14H12F3N3O4S/c1-7-2-8(4-9(3-7)24-14(15,16)17)6-18-20-13-19-12(23)10(25-13)5-11(21)22/h2-4,6,10H,5H2,1H3,(H,21,22)(H,19,20,23). The van der Waals surface area contributed by atoms with Crippen molar-refractivity contribution in [1.29, 1.82) is 0 Å². The van der Waals surface area contributed by atoms with Crippen LogP contribution in [0.5, 0.6) is 5.75 Å². The lowest BCUT2D eigenvalue weighted by atomic mass is 10.1. The van der Waals surface area contributed by atoms with Gasteiger partial charge in [0.25, 0.3) is 0 Å². The Morgan fingerprint density at radius 3 is 2.80 bits per heavy atom. The highest BCUT2D eigenvalue weighted by Gasteiger charge is 2.32. The number of nitrogens with one attached hydrogen (secondary N) is 1. The molecule has 25 heavy (non-hydrogen) atoms. The lowest BCUT2D eigenvalue weighted by molar-refractivity contribution is -0.274. The summed E-state index contributed by atoms with van der Waals surface area (Å²) in [5.41, 5.74) is 0.848. The van der Waals surface area contributed by atoms with Crippen LogP contribution >= 0.6 is 11.8 Å². The molecular formula is C14H12F3N3O4S. The van der Waals surface area contributed by atoms with Crippen LogP contribution in [0, 0.1) is 6.92 Å². The fourth-order valence-corrected chi connectivity index (χ4v) is 2.85. The molecule has 0 aromatic heterocycles. The molecule has 1 aliphatic heterocycles. The smallest absolute Gasteiger partial charge is 0.481 e. The van der Waals surface area contributed by atoms with E-state index in [1.54, 1.807) is 13.0 Å². The molecule has 7 nitrogen and oxygen atoms in total. The molecule has 11 heteroatoms. The Balaban J connectivity index is 2.07. The van der Waals surface area contributed by atoms with Crippen molar-refractivity contribution in [3.8, 4) is 5.75 Å². The summed E-state index contributed by atoms with van der Waals surface area (Å²) in [5.74, 6) is -1.99. The van der Waals surface area contributed by atoms with Crippen LogP contribution in [0.1, 0.15) is 17.5 Å². The van der Waals surface area contributed by atoms with E-state index < -0.39 is 23.5 Å². The summed E-state index contributed by atoms with van der Waals surface area (Å²) in [7, 11) is 0. The number of nitrogens with zero attached hydrogens (tertiary/aromatic N) is 2. The van der Waals surface area contributed by atoms with Crippen molar-refractivity contribution in [3.05, 3.63) is 29.3 Å². The Hall–Kier alpha value is -2.56. The predicted octanol–water partition coefficient (Wildman–Crippen LogP) is 2.29. The molecule has 1 aromatic rings. The third kappa shape index (κ3) is 6.10. The summed E-state index contributed by atoms with van der Waals surface area (Å²) in [6.07, 6.45) is -3.96. The molecule has 0 spiro atoms. The first-order valence-electron chi connectivity index (χ1n) is 6.80. The summed E-state index contributed by atoms with van der Waals surface area (Å²) >= 11 is 0.918. The van der Waals surface area contributed by atoms with Gasteiger partial charge in [0.05, 0.1) is 12.6 Å². The molecule has 1 fully saturated rings. The number of amidine groups is 1. The number of carboxylic acids is 1. The Kier molecular flexibility index (Phi) is 5.67. The summed E-state index contributed by atoms with van der Waals surface area (Å²) in [6.45, 7) is 1.59. The monoisotopic (exact) mass is 375 g/mol. The summed E-state index contributed by atoms with van der Waals surface area (Å²) in [5, 5.41) is 17.8. The maximum atomic E-state index is 12.3. The van der Waals surface area contributed by atoms with E-state index in [1.165, 1.54) is 12.3 Å². The van der Waals surface area contributed by atoms with Crippen LogP contribution < -0.4 is 10.1 Å². The minimum Gasteiger partial charge on any atom is -0.481 e. The van der Waals surface area contributed by atoms with Gasteiger partial charge in [0, 0.05) is 0 Å². The second kappa shape index (κ2) is 7.55. The number of ether oxygens (including phenoxy) is 1. The molecule has 134 valence electrons. The average molecular weight is 375 g/mol. The molecule has 0 aliphatic carbocycles. The zero-order valence-electron chi connectivity index (χ0n) is 12.7. The molecule has 1 heterocycles. The lowest BCUT2D eigenvalue weighted by Gasteiger charge is -2.09. The highest BCUT2D eigenvalue weighted by molar-refractivity contribution is 8.15. The van der Waals surface area contributed by atoms with Crippen molar-refractivity contribution >= 4 is 35.0 Å². The highest BCUT2D eigenvalue weighted by Crippen LogP contribution is 2.25. The first-order chi connectivity index (χ1) is 11.6. The number of aliphatic carboxylic acids is 1. The van der Waals surface area contributed by atoms with E-state index in [0.29, 0.717) is 11.1 Å². The normalized spacial score (nSPS) is 19.4. The SMILES string of the molecule is Cc1cc(C=NN=C2NC(=O)C(CC(=O)O)S2)cc(OC(F)(F)F)c1. The second-order valence-corrected chi connectivity index (χ2v) is 6.16. The van der Waals surface area contributed by atoms with Gasteiger partial charge in [-0.05, 0) is 30.2 Å². The van der Waals surface area contributed by atoms with E-state index in [-0.39, 0.29) is 17.3 Å². The number of halogens is 3. The summed E-state index contributed by atoms with van der Waals surface area (Å²) < 4.78 is 40.6. The van der Waals surface area contributed by atoms with Gasteiger partial charge in [0.2, 0.25) is 5.91 Å². The van der Waals surface area contributed by atoms with Gasteiger partial charge in [-0.2, -0.15) is 5.10 Å². The van der Waals surface area contributed by atoms with Gasteiger partial charge in [-0.3, -0.25) is 9.59 Å². The molecule has 1 saturated heterocycles. The number of aryl methyl sites for hydroxylation is 1. The first kappa shape index (κ1) is 18.8. The second-order valence-electron chi connectivity index (χ2n) is 4.97. The predicted molar refractivity (Wildman–Crippen MR) is 84.7 cm³/mol. The fraction of sp³-hybridized carbons (Fsp3) is 0.286. The third-order valence-corrected chi connectivity index (χ3v) is 3.87. The minimum atomic E-state index is -4.80. The number of carboxylic acid groups (broad SMARTS) is 1. The van der Waals surface area contributed by atoms with Crippen LogP contribution in [0.25, 0.3) is 0 Å². The van der Waals surface area contributed by atoms with E-state index >= 15 is 0 Å². The van der Waals surface area contributed by atoms with E-state index in [4.69, 9.17) is 5.11 Å². The van der Waals surface area contributed by atoms with Gasteiger partial charge in [0.15, 0.2) is 5.17 Å². The zero-order chi connectivity index (χ0) is 18.6. The number of benzene rings is 1. The molecule has 0 saturated carbocycles. The number of hydrogen-bond acceptors (Lipinski definition) is 6. The number of hydrogen-bond donors (Lipinski definition) is 2. The van der Waals surface area contributed by atoms with Gasteiger partial charge in [-0.25, -0.2) is 0 Å². The van der Waals surface area contributed by atoms with Crippen LogP contribution in [0.4, 0.5) is 13.2 Å². The average Bonchev–Trinajstić information content (AvgIpc) is 2.75. The maximum absolute atomic E-state index is 12.3. The quantitative estimate of drug-likeness (QED) is 0.608. The Bertz CT molecular complexity index is 749. The molecule has 2 rings (SSSR count). The van der Waals surface area contributed by atoms with Crippen molar-refractivity contribution in [1.82, 2.24) is 5.32 Å². The number of rotatable bonds is 5. The topological polar surface area (TPSA) is 100 Å². The van der Waals surface area contributed by atoms with Crippen LogP contribution in [0.2, 0.25) is 0 Å². The Morgan fingerprint density at radius 2 is 2.16 bits per heavy atom. The molecule has 0 bridgehead atoms. The first-order valence-corrected chi connectivity index (χ1v) is 7.68. The Morgan fingerprint density at radius 1 is 1.44 bits per heavy atom. The molecule has 1 aliphatic rings. The highest BCUT2D eigenvalue weighted by atomic mass is 32.2. The van der Waals surface area contributed by atoms with Gasteiger partial charge < -0.3 is 15.2 Å². The van der Waals surface area contributed by atoms with E-state index in [2.05, 4.69) is 20.3 Å². The third-order valence-electron chi connectivity index (χ3n) is 2.80. The fourth-order valence-electron chi connectivity index (χ4n) is 1.94. The summed E-state index contributed by atoms with van der Waals surface area (Å²) in [4.78, 5) is 22.1. The largest absolute Gasteiger partial charge is 0.573 e. The molecule has 1 aromatic carbocycles. The van der Waals surface area contributed by atoms with Crippen molar-refractivity contribution < 1.29 is 32.6 Å². The van der Waals surface area contributed by atoms with Crippen LogP contribution in [0.15, 0.2) is 28.4 Å². The van der Waals surface area contributed by atoms with Gasteiger partial charge in [-0.15, -0.1) is 18.3 Å². The number of thioether (sulfide) groups is 1. The maximum Gasteiger partial charge on any atom is 0.573 e. The lowest BCUT2D eigenvalue weighted by Crippen LogP contribution is -2.26. The summed E-state index contributed by atoms with van der Waals surface area (Å²) in [6, 6.07) is 3.93. The number of carbonyl (C=O) groups excluding carboxylic acids is 1. The van der Waals surface area contributed by atoms with Crippen molar-refractivity contribution in [2.24, 2.45) is 10.2 Å². The molecule has 0 radical (unpaired) electrons. The number of alkyl halides is 3. The molecule has 1 unspecified atom stereocenters. The molecule has 1 amide bonds. The Labute approximate surface area is 144 Å². The van der Waals surface area contributed by atoms with Crippen LogP contribution in [-0.2, 0) is 9.59 Å². The van der Waals surface area contributed by atoms with E-state index in [1.807, 2.05) is 0 Å². The van der Waals surface area contributed by atoms with Crippen LogP contribution in [0.3, 0.4) is 0 Å². The van der Waals surface area contributed by atoms with Gasteiger partial charge in [-0.1, -0.05) is 17.8 Å². The van der Waals surface area contributed by atoms with Crippen molar-refractivity contribution in [2.45, 2.75) is 25.0 Å². The number of amides is 1. The molecular weight excluding hydrogens is 363 g/mol. The minimum absolute atomic E-state index is 0.118. The van der Waals surface area contributed by atoms with Gasteiger partial charge >= 0.3 is 12.3 Å². The van der Waals surface area contributed by atoms with Crippen LogP contribution in [-0.4, -0.2) is 40.0 Å². The van der Waals surface area contributed by atoms with E-state index in [9.17, 15) is 22.8 Å². The van der Waals surface area contributed by atoms with E-state index in [0.717, 1.165) is 17.8 Å².